The molecule has 1 N–H and O–H groups in total. The molecule has 1 fully saturated rings. The zero-order valence-electron chi connectivity index (χ0n) is 7.75. The fourth-order valence-corrected chi connectivity index (χ4v) is 1.85. The van der Waals surface area contributed by atoms with E-state index in [1.807, 2.05) is 0 Å². The minimum absolute atomic E-state index is 0.259. The SMILES string of the molecule is Cn1oc(=O)cc1C1CCCCN1. The summed E-state index contributed by atoms with van der Waals surface area (Å²) in [5.41, 5.74) is 0.703. The maximum absolute atomic E-state index is 10.9. The fraction of sp³-hybridized carbons (Fsp3) is 0.667. The van der Waals surface area contributed by atoms with Crippen LogP contribution in [0.5, 0.6) is 0 Å². The molecule has 0 aliphatic carbocycles. The van der Waals surface area contributed by atoms with Gasteiger partial charge in [0, 0.05) is 13.1 Å². The number of hydrogen-bond acceptors (Lipinski definition) is 3. The molecule has 0 spiro atoms. The van der Waals surface area contributed by atoms with E-state index < -0.39 is 0 Å². The summed E-state index contributed by atoms with van der Waals surface area (Å²) >= 11 is 0. The van der Waals surface area contributed by atoms with Crippen LogP contribution in [0.1, 0.15) is 31.0 Å². The normalized spacial score (nSPS) is 23.3. The van der Waals surface area contributed by atoms with E-state index in [0.717, 1.165) is 18.7 Å². The summed E-state index contributed by atoms with van der Waals surface area (Å²) in [7, 11) is 1.77. The Morgan fingerprint density at radius 1 is 1.62 bits per heavy atom. The van der Waals surface area contributed by atoms with Crippen molar-refractivity contribution >= 4 is 0 Å². The lowest BCUT2D eigenvalue weighted by Gasteiger charge is -2.22. The van der Waals surface area contributed by atoms with Crippen molar-refractivity contribution in [1.82, 2.24) is 10.1 Å². The summed E-state index contributed by atoms with van der Waals surface area (Å²) in [6.07, 6.45) is 3.53. The molecule has 2 rings (SSSR count). The average molecular weight is 182 g/mol. The molecule has 1 aliphatic heterocycles. The molecule has 1 aliphatic rings. The topological polar surface area (TPSA) is 47.2 Å². The first-order valence-electron chi connectivity index (χ1n) is 4.68. The van der Waals surface area contributed by atoms with Crippen LogP contribution in [0, 0.1) is 0 Å². The second-order valence-corrected chi connectivity index (χ2v) is 3.48. The van der Waals surface area contributed by atoms with Crippen LogP contribution in [0.2, 0.25) is 0 Å². The molecular weight excluding hydrogens is 168 g/mol. The van der Waals surface area contributed by atoms with Crippen LogP contribution in [0.3, 0.4) is 0 Å². The van der Waals surface area contributed by atoms with Gasteiger partial charge in [-0.05, 0) is 19.4 Å². The quantitative estimate of drug-likeness (QED) is 0.698. The number of piperidine rings is 1. The van der Waals surface area contributed by atoms with Crippen LogP contribution in [0.15, 0.2) is 15.4 Å². The maximum atomic E-state index is 10.9. The third-order valence-corrected chi connectivity index (χ3v) is 2.52. The Bertz CT molecular complexity index is 334. The molecule has 1 aromatic heterocycles. The van der Waals surface area contributed by atoms with Crippen molar-refractivity contribution in [3.63, 3.8) is 0 Å². The van der Waals surface area contributed by atoms with Crippen LogP contribution in [-0.4, -0.2) is 11.3 Å². The lowest BCUT2D eigenvalue weighted by atomic mass is 10.0. The van der Waals surface area contributed by atoms with E-state index in [4.69, 9.17) is 4.52 Å². The van der Waals surface area contributed by atoms with Gasteiger partial charge in [0.25, 0.3) is 0 Å². The third kappa shape index (κ3) is 1.67. The van der Waals surface area contributed by atoms with Crippen molar-refractivity contribution in [1.29, 1.82) is 0 Å². The third-order valence-electron chi connectivity index (χ3n) is 2.52. The van der Waals surface area contributed by atoms with Gasteiger partial charge in [0.2, 0.25) is 0 Å². The Balaban J connectivity index is 2.23. The summed E-state index contributed by atoms with van der Waals surface area (Å²) < 4.78 is 6.45. The second kappa shape index (κ2) is 3.38. The van der Waals surface area contributed by atoms with E-state index in [-0.39, 0.29) is 5.63 Å². The number of rotatable bonds is 1. The monoisotopic (exact) mass is 182 g/mol. The predicted octanol–water partition coefficient (Wildman–Crippen LogP) is 0.793. The molecule has 0 bridgehead atoms. The Morgan fingerprint density at radius 3 is 3.00 bits per heavy atom. The molecule has 72 valence electrons. The lowest BCUT2D eigenvalue weighted by molar-refractivity contribution is 0.261. The highest BCUT2D eigenvalue weighted by Gasteiger charge is 2.18. The van der Waals surface area contributed by atoms with E-state index in [0.29, 0.717) is 6.04 Å². The zero-order chi connectivity index (χ0) is 9.26. The highest BCUT2D eigenvalue weighted by atomic mass is 16.5. The summed E-state index contributed by atoms with van der Waals surface area (Å²) in [5.74, 6) is 0. The minimum Gasteiger partial charge on any atom is -0.336 e. The van der Waals surface area contributed by atoms with Gasteiger partial charge < -0.3 is 9.84 Å². The average Bonchev–Trinajstić information content (AvgIpc) is 2.47. The number of nitrogens with one attached hydrogen (secondary N) is 1. The molecule has 13 heavy (non-hydrogen) atoms. The van der Waals surface area contributed by atoms with Crippen molar-refractivity contribution in [3.8, 4) is 0 Å². The second-order valence-electron chi connectivity index (χ2n) is 3.48. The standard InChI is InChI=1S/C9H14N2O2/c1-11-8(6-9(12)13-11)7-4-2-3-5-10-7/h6-7,10H,2-5H2,1H3. The molecule has 4 heteroatoms. The van der Waals surface area contributed by atoms with Gasteiger partial charge in [0.15, 0.2) is 0 Å². The molecule has 4 nitrogen and oxygen atoms in total. The van der Waals surface area contributed by atoms with Gasteiger partial charge in [-0.2, -0.15) is 0 Å². The van der Waals surface area contributed by atoms with Crippen molar-refractivity contribution < 1.29 is 4.52 Å². The summed E-state index contributed by atoms with van der Waals surface area (Å²) in [5, 5.41) is 3.37. The molecule has 1 unspecified atom stereocenters. The maximum Gasteiger partial charge on any atom is 0.357 e. The fourth-order valence-electron chi connectivity index (χ4n) is 1.85. The molecule has 1 saturated heterocycles. The summed E-state index contributed by atoms with van der Waals surface area (Å²) in [4.78, 5) is 10.9. The van der Waals surface area contributed by atoms with Gasteiger partial charge in [0.05, 0.1) is 11.7 Å². The van der Waals surface area contributed by atoms with Gasteiger partial charge in [-0.25, -0.2) is 9.53 Å². The van der Waals surface area contributed by atoms with E-state index in [1.165, 1.54) is 12.8 Å². The van der Waals surface area contributed by atoms with Gasteiger partial charge in [-0.3, -0.25) is 0 Å². The zero-order valence-corrected chi connectivity index (χ0v) is 7.75. The molecule has 2 heterocycles. The Kier molecular flexibility index (Phi) is 2.22. The Labute approximate surface area is 76.5 Å². The smallest absolute Gasteiger partial charge is 0.336 e. The Morgan fingerprint density at radius 2 is 2.46 bits per heavy atom. The first-order valence-corrected chi connectivity index (χ1v) is 4.68. The number of nitrogens with zero attached hydrogens (tertiary/aromatic N) is 1. The summed E-state index contributed by atoms with van der Waals surface area (Å²) in [6.45, 7) is 1.03. The molecule has 0 aromatic carbocycles. The molecule has 0 amide bonds. The molecule has 1 aromatic rings. The van der Waals surface area contributed by atoms with E-state index in [2.05, 4.69) is 5.32 Å². The van der Waals surface area contributed by atoms with E-state index in [9.17, 15) is 4.79 Å². The van der Waals surface area contributed by atoms with E-state index in [1.54, 1.807) is 17.9 Å². The number of aromatic nitrogens is 1. The van der Waals surface area contributed by atoms with Crippen LogP contribution >= 0.6 is 0 Å². The van der Waals surface area contributed by atoms with Gasteiger partial charge in [0.1, 0.15) is 0 Å². The van der Waals surface area contributed by atoms with Crippen molar-refractivity contribution in [2.45, 2.75) is 25.3 Å². The van der Waals surface area contributed by atoms with Crippen molar-refractivity contribution in [2.24, 2.45) is 7.05 Å². The molecule has 1 atom stereocenters. The molecule has 0 saturated carbocycles. The van der Waals surface area contributed by atoms with Crippen LogP contribution in [0.4, 0.5) is 0 Å². The van der Waals surface area contributed by atoms with Crippen molar-refractivity contribution in [3.05, 3.63) is 22.2 Å². The summed E-state index contributed by atoms with van der Waals surface area (Å²) in [6, 6.07) is 1.87. The van der Waals surface area contributed by atoms with Gasteiger partial charge >= 0.3 is 5.63 Å². The molecular formula is C9H14N2O2. The largest absolute Gasteiger partial charge is 0.357 e. The minimum atomic E-state index is -0.259. The first kappa shape index (κ1) is 8.56. The Hall–Kier alpha value is -1.03. The van der Waals surface area contributed by atoms with Gasteiger partial charge in [-0.1, -0.05) is 6.42 Å². The van der Waals surface area contributed by atoms with Crippen LogP contribution in [0.25, 0.3) is 0 Å². The first-order chi connectivity index (χ1) is 6.27. The lowest BCUT2D eigenvalue weighted by Crippen LogP contribution is -2.28. The van der Waals surface area contributed by atoms with Gasteiger partial charge in [-0.15, -0.1) is 0 Å². The highest BCUT2D eigenvalue weighted by Crippen LogP contribution is 2.21. The highest BCUT2D eigenvalue weighted by molar-refractivity contribution is 5.05. The van der Waals surface area contributed by atoms with Crippen molar-refractivity contribution in [2.75, 3.05) is 6.54 Å². The van der Waals surface area contributed by atoms with Crippen LogP contribution in [-0.2, 0) is 7.05 Å². The molecule has 0 radical (unpaired) electrons. The predicted molar refractivity (Wildman–Crippen MR) is 48.5 cm³/mol. The van der Waals surface area contributed by atoms with Crippen LogP contribution < -0.4 is 10.9 Å². The number of hydrogen-bond donors (Lipinski definition) is 1. The number of aryl methyl sites for hydroxylation is 1. The van der Waals surface area contributed by atoms with E-state index >= 15 is 0 Å².